The molecular formula is C26H31N3OS. The number of aromatic nitrogens is 1. The average Bonchev–Trinajstić information content (AvgIpc) is 3.26. The average molecular weight is 434 g/mol. The van der Waals surface area contributed by atoms with Gasteiger partial charge < -0.3 is 9.64 Å². The summed E-state index contributed by atoms with van der Waals surface area (Å²) in [5.41, 5.74) is 5.16. The van der Waals surface area contributed by atoms with Crippen LogP contribution < -0.4 is 9.64 Å². The second-order valence-electron chi connectivity index (χ2n) is 8.49. The number of ether oxygens (including phenoxy) is 1. The largest absolute Gasteiger partial charge is 0.496 e. The van der Waals surface area contributed by atoms with Crippen LogP contribution in [0.15, 0.2) is 48.5 Å². The zero-order chi connectivity index (χ0) is 21.0. The molecule has 5 rings (SSSR count). The maximum Gasteiger partial charge on any atom is 0.122 e. The second-order valence-corrected chi connectivity index (χ2v) is 9.66. The lowest BCUT2D eigenvalue weighted by atomic mass is 9.93. The Hall–Kier alpha value is -2.37. The second kappa shape index (κ2) is 9.41. The van der Waals surface area contributed by atoms with Gasteiger partial charge in [-0.25, -0.2) is 4.98 Å². The summed E-state index contributed by atoms with van der Waals surface area (Å²) in [5.74, 6) is 1.00. The number of anilines is 1. The van der Waals surface area contributed by atoms with Crippen LogP contribution in [0.3, 0.4) is 0 Å². The summed E-state index contributed by atoms with van der Waals surface area (Å²) in [7, 11) is 1.76. The summed E-state index contributed by atoms with van der Waals surface area (Å²) in [4.78, 5) is 11.6. The van der Waals surface area contributed by atoms with E-state index in [0.717, 1.165) is 38.1 Å². The van der Waals surface area contributed by atoms with E-state index in [9.17, 15) is 0 Å². The molecule has 2 aromatic carbocycles. The quantitative estimate of drug-likeness (QED) is 0.487. The number of benzene rings is 2. The van der Waals surface area contributed by atoms with E-state index >= 15 is 0 Å². The molecule has 1 saturated heterocycles. The minimum Gasteiger partial charge on any atom is -0.496 e. The fourth-order valence-electron chi connectivity index (χ4n) is 4.84. The highest BCUT2D eigenvalue weighted by Gasteiger charge is 2.23. The summed E-state index contributed by atoms with van der Waals surface area (Å²) in [6, 6.07) is 17.2. The predicted molar refractivity (Wildman–Crippen MR) is 130 cm³/mol. The minimum atomic E-state index is 1.00. The molecule has 0 N–H and O–H groups in total. The van der Waals surface area contributed by atoms with E-state index in [1.54, 1.807) is 7.11 Å². The van der Waals surface area contributed by atoms with Gasteiger partial charge in [-0.15, -0.1) is 11.3 Å². The third-order valence-electron chi connectivity index (χ3n) is 6.56. The SMILES string of the molecule is COc1cccc2c1CCc1sc(CCCCN3CCN(c4ccccc4)CC3)nc1-2. The van der Waals surface area contributed by atoms with Gasteiger partial charge in [-0.05, 0) is 56.8 Å². The number of nitrogens with zero attached hydrogens (tertiary/aromatic N) is 3. The number of hydrogen-bond donors (Lipinski definition) is 0. The van der Waals surface area contributed by atoms with Crippen molar-refractivity contribution in [3.63, 3.8) is 0 Å². The number of hydrogen-bond acceptors (Lipinski definition) is 5. The van der Waals surface area contributed by atoms with Crippen LogP contribution in [-0.2, 0) is 19.3 Å². The van der Waals surface area contributed by atoms with Gasteiger partial charge in [0.25, 0.3) is 0 Å². The van der Waals surface area contributed by atoms with Crippen molar-refractivity contribution >= 4 is 17.0 Å². The van der Waals surface area contributed by atoms with Crippen LogP contribution in [-0.4, -0.2) is 49.7 Å². The maximum absolute atomic E-state index is 5.57. The Morgan fingerprint density at radius 2 is 1.77 bits per heavy atom. The number of thiazole rings is 1. The number of aryl methyl sites for hydroxylation is 2. The third-order valence-corrected chi connectivity index (χ3v) is 7.74. The van der Waals surface area contributed by atoms with Crippen molar-refractivity contribution in [3.05, 3.63) is 64.0 Å². The first-order chi connectivity index (χ1) is 15.3. The van der Waals surface area contributed by atoms with E-state index < -0.39 is 0 Å². The van der Waals surface area contributed by atoms with Crippen molar-refractivity contribution in [2.75, 3.05) is 44.7 Å². The van der Waals surface area contributed by atoms with Crippen molar-refractivity contribution < 1.29 is 4.74 Å². The van der Waals surface area contributed by atoms with E-state index in [4.69, 9.17) is 9.72 Å². The Bertz CT molecular complexity index is 1010. The zero-order valence-electron chi connectivity index (χ0n) is 18.3. The lowest BCUT2D eigenvalue weighted by Crippen LogP contribution is -2.46. The van der Waals surface area contributed by atoms with Gasteiger partial charge in [0.05, 0.1) is 17.8 Å². The fourth-order valence-corrected chi connectivity index (χ4v) is 5.97. The van der Waals surface area contributed by atoms with Crippen molar-refractivity contribution in [2.24, 2.45) is 0 Å². The smallest absolute Gasteiger partial charge is 0.122 e. The van der Waals surface area contributed by atoms with Crippen molar-refractivity contribution in [1.29, 1.82) is 0 Å². The van der Waals surface area contributed by atoms with Gasteiger partial charge in [-0.2, -0.15) is 0 Å². The molecule has 3 aromatic rings. The van der Waals surface area contributed by atoms with Crippen LogP contribution in [0.4, 0.5) is 5.69 Å². The number of piperazine rings is 1. The van der Waals surface area contributed by atoms with Crippen LogP contribution in [0.2, 0.25) is 0 Å². The van der Waals surface area contributed by atoms with Crippen molar-refractivity contribution in [2.45, 2.75) is 32.1 Å². The number of fused-ring (bicyclic) bond motifs is 3. The molecule has 1 fully saturated rings. The Morgan fingerprint density at radius 3 is 2.58 bits per heavy atom. The first-order valence-electron chi connectivity index (χ1n) is 11.5. The molecule has 2 heterocycles. The Kier molecular flexibility index (Phi) is 6.23. The van der Waals surface area contributed by atoms with Crippen molar-refractivity contribution in [3.8, 4) is 17.0 Å². The van der Waals surface area contributed by atoms with Gasteiger partial charge >= 0.3 is 0 Å². The molecule has 5 heteroatoms. The van der Waals surface area contributed by atoms with Gasteiger partial charge in [0, 0.05) is 47.9 Å². The van der Waals surface area contributed by atoms with E-state index in [1.165, 1.54) is 64.9 Å². The maximum atomic E-state index is 5.57. The summed E-state index contributed by atoms with van der Waals surface area (Å²) in [5, 5.41) is 1.30. The third kappa shape index (κ3) is 4.48. The highest BCUT2D eigenvalue weighted by molar-refractivity contribution is 7.12. The fraction of sp³-hybridized carbons (Fsp3) is 0.423. The number of para-hydroxylation sites is 1. The molecule has 0 amide bonds. The minimum absolute atomic E-state index is 1.00. The summed E-state index contributed by atoms with van der Waals surface area (Å²) >= 11 is 1.92. The Morgan fingerprint density at radius 1 is 0.935 bits per heavy atom. The van der Waals surface area contributed by atoms with E-state index in [0.29, 0.717) is 0 Å². The monoisotopic (exact) mass is 433 g/mol. The van der Waals surface area contributed by atoms with Gasteiger partial charge in [0.15, 0.2) is 0 Å². The summed E-state index contributed by atoms with van der Waals surface area (Å²) in [6.07, 6.45) is 5.71. The van der Waals surface area contributed by atoms with Crippen LogP contribution in [0.5, 0.6) is 5.75 Å². The molecule has 0 saturated carbocycles. The lowest BCUT2D eigenvalue weighted by molar-refractivity contribution is 0.253. The number of methoxy groups -OCH3 is 1. The predicted octanol–water partition coefficient (Wildman–Crippen LogP) is 5.06. The number of rotatable bonds is 7. The topological polar surface area (TPSA) is 28.6 Å². The molecule has 1 aliphatic carbocycles. The molecule has 162 valence electrons. The molecule has 0 bridgehead atoms. The van der Waals surface area contributed by atoms with Gasteiger partial charge in [-0.1, -0.05) is 30.3 Å². The van der Waals surface area contributed by atoms with Gasteiger partial charge in [0.1, 0.15) is 5.75 Å². The van der Waals surface area contributed by atoms with Crippen LogP contribution in [0.1, 0.15) is 28.3 Å². The van der Waals surface area contributed by atoms with Crippen LogP contribution in [0.25, 0.3) is 11.3 Å². The molecule has 0 atom stereocenters. The summed E-state index contributed by atoms with van der Waals surface area (Å²) in [6.45, 7) is 5.80. The zero-order valence-corrected chi connectivity index (χ0v) is 19.2. The molecule has 1 aliphatic heterocycles. The molecule has 4 nitrogen and oxygen atoms in total. The highest BCUT2D eigenvalue weighted by Crippen LogP contribution is 2.40. The molecule has 1 aromatic heterocycles. The van der Waals surface area contributed by atoms with E-state index in [2.05, 4.69) is 58.3 Å². The molecule has 2 aliphatic rings. The Labute approximate surface area is 189 Å². The van der Waals surface area contributed by atoms with Gasteiger partial charge in [-0.3, -0.25) is 4.90 Å². The molecular weight excluding hydrogens is 402 g/mol. The highest BCUT2D eigenvalue weighted by atomic mass is 32.1. The van der Waals surface area contributed by atoms with Crippen LogP contribution >= 0.6 is 11.3 Å². The van der Waals surface area contributed by atoms with Crippen LogP contribution in [0, 0.1) is 0 Å². The molecule has 0 spiro atoms. The first kappa shape index (κ1) is 20.5. The standard InChI is InChI=1S/C26H31N3OS/c1-30-23-11-7-10-22-21(23)13-14-24-26(22)27-25(31-24)12-5-6-15-28-16-18-29(19-17-28)20-8-3-2-4-9-20/h2-4,7-11H,5-6,12-19H2,1H3. The molecule has 31 heavy (non-hydrogen) atoms. The summed E-state index contributed by atoms with van der Waals surface area (Å²) < 4.78 is 5.57. The van der Waals surface area contributed by atoms with E-state index in [1.807, 2.05) is 11.3 Å². The lowest BCUT2D eigenvalue weighted by Gasteiger charge is -2.36. The van der Waals surface area contributed by atoms with Gasteiger partial charge in [0.2, 0.25) is 0 Å². The molecule has 0 radical (unpaired) electrons. The van der Waals surface area contributed by atoms with Crippen molar-refractivity contribution in [1.82, 2.24) is 9.88 Å². The number of unbranched alkanes of at least 4 members (excludes halogenated alkanes) is 1. The Balaban J connectivity index is 1.11. The molecule has 0 unspecified atom stereocenters. The first-order valence-corrected chi connectivity index (χ1v) is 12.3. The van der Waals surface area contributed by atoms with E-state index in [-0.39, 0.29) is 0 Å². The normalized spacial score (nSPS) is 16.1.